The van der Waals surface area contributed by atoms with Crippen molar-refractivity contribution in [2.24, 2.45) is 0 Å². The second kappa shape index (κ2) is 11.8. The Kier molecular flexibility index (Phi) is 8.34. The van der Waals surface area contributed by atoms with Crippen molar-refractivity contribution >= 4 is 5.97 Å². The van der Waals surface area contributed by atoms with Crippen LogP contribution in [0.3, 0.4) is 0 Å². The third-order valence-electron chi connectivity index (χ3n) is 6.16. The minimum absolute atomic E-state index is 0.0251. The summed E-state index contributed by atoms with van der Waals surface area (Å²) in [6.45, 7) is 8.91. The lowest BCUT2D eigenvalue weighted by Crippen LogP contribution is -2.28. The van der Waals surface area contributed by atoms with Crippen molar-refractivity contribution in [3.05, 3.63) is 53.1 Å². The van der Waals surface area contributed by atoms with Crippen LogP contribution in [0.4, 0.5) is 0 Å². The third kappa shape index (κ3) is 6.29. The molecule has 8 nitrogen and oxygen atoms in total. The van der Waals surface area contributed by atoms with E-state index in [9.17, 15) is 10.1 Å². The first-order valence-corrected chi connectivity index (χ1v) is 12.5. The maximum absolute atomic E-state index is 11.6. The normalized spacial score (nSPS) is 13.6. The molecule has 0 amide bonds. The van der Waals surface area contributed by atoms with Gasteiger partial charge in [-0.25, -0.2) is 0 Å². The Hall–Kier alpha value is -3.70. The first-order valence-electron chi connectivity index (χ1n) is 12.5. The Bertz CT molecular complexity index is 1240. The number of carbonyl (C=O) groups is 1. The zero-order valence-electron chi connectivity index (χ0n) is 21.1. The van der Waals surface area contributed by atoms with Crippen molar-refractivity contribution in [2.45, 2.75) is 52.6 Å². The van der Waals surface area contributed by atoms with Crippen LogP contribution in [0.2, 0.25) is 0 Å². The van der Waals surface area contributed by atoms with E-state index in [1.807, 2.05) is 32.9 Å². The van der Waals surface area contributed by atoms with Gasteiger partial charge in [0.25, 0.3) is 5.89 Å². The quantitative estimate of drug-likeness (QED) is 0.396. The average molecular weight is 489 g/mol. The molecule has 0 spiro atoms. The molecule has 0 bridgehead atoms. The third-order valence-corrected chi connectivity index (χ3v) is 6.16. The van der Waals surface area contributed by atoms with E-state index in [-0.39, 0.29) is 12.1 Å². The largest absolute Gasteiger partial charge is 0.490 e. The maximum atomic E-state index is 11.6. The molecule has 36 heavy (non-hydrogen) atoms. The Morgan fingerprint density at radius 3 is 2.67 bits per heavy atom. The number of rotatable bonds is 9. The maximum Gasteiger partial charge on any atom is 0.305 e. The van der Waals surface area contributed by atoms with Gasteiger partial charge >= 0.3 is 5.97 Å². The highest BCUT2D eigenvalue weighted by Gasteiger charge is 2.18. The van der Waals surface area contributed by atoms with E-state index in [1.165, 1.54) is 11.1 Å². The number of nitrogens with zero attached hydrogens (tertiary/aromatic N) is 4. The summed E-state index contributed by atoms with van der Waals surface area (Å²) in [7, 11) is 0. The van der Waals surface area contributed by atoms with Gasteiger partial charge in [-0.3, -0.25) is 4.79 Å². The van der Waals surface area contributed by atoms with Crippen molar-refractivity contribution in [1.29, 1.82) is 5.26 Å². The van der Waals surface area contributed by atoms with Crippen LogP contribution in [-0.4, -0.2) is 53.4 Å². The van der Waals surface area contributed by atoms with Gasteiger partial charge in [0.1, 0.15) is 11.8 Å². The van der Waals surface area contributed by atoms with Crippen LogP contribution < -0.4 is 4.74 Å². The number of fused-ring (bicyclic) bond motifs is 1. The van der Waals surface area contributed by atoms with E-state index in [0.29, 0.717) is 41.6 Å². The van der Waals surface area contributed by atoms with Gasteiger partial charge in [0, 0.05) is 30.6 Å². The molecule has 0 saturated carbocycles. The Balaban J connectivity index is 1.43. The van der Waals surface area contributed by atoms with Crippen LogP contribution in [0, 0.1) is 11.3 Å². The van der Waals surface area contributed by atoms with Crippen LogP contribution in [0.15, 0.2) is 40.9 Å². The summed E-state index contributed by atoms with van der Waals surface area (Å²) in [6.07, 6.45) is 3.14. The predicted octanol–water partition coefficient (Wildman–Crippen LogP) is 4.81. The van der Waals surface area contributed by atoms with Crippen LogP contribution in [0.1, 0.15) is 50.3 Å². The lowest BCUT2D eigenvalue weighted by atomic mass is 10.00. The number of esters is 1. The van der Waals surface area contributed by atoms with E-state index < -0.39 is 0 Å². The number of carbonyl (C=O) groups excluding carboxylic acids is 1. The molecule has 4 rings (SSSR count). The monoisotopic (exact) mass is 488 g/mol. The SMILES string of the molecule is CCOC(=O)CCCN1CCc2ccc(-c3noc(-c4ccc(OC(C)C)c(C#N)c4)n3)cc2CC1. The standard InChI is InChI=1S/C28H32N4O4/c1-4-34-26(33)6-5-13-32-14-11-20-7-8-22(16-21(20)12-15-32)27-30-28(36-31-27)23-9-10-25(35-19(2)3)24(17-23)18-29/h7-10,16-17,19H,4-6,11-15H2,1-3H3. The zero-order valence-corrected chi connectivity index (χ0v) is 21.1. The summed E-state index contributed by atoms with van der Waals surface area (Å²) >= 11 is 0. The summed E-state index contributed by atoms with van der Waals surface area (Å²) in [5, 5.41) is 13.7. The second-order valence-corrected chi connectivity index (χ2v) is 9.15. The van der Waals surface area contributed by atoms with Crippen LogP contribution in [0.25, 0.3) is 22.8 Å². The Morgan fingerprint density at radius 1 is 1.14 bits per heavy atom. The number of benzene rings is 2. The Labute approximate surface area is 211 Å². The highest BCUT2D eigenvalue weighted by atomic mass is 16.5. The number of hydrogen-bond acceptors (Lipinski definition) is 8. The number of aromatic nitrogens is 2. The van der Waals surface area contributed by atoms with Gasteiger partial charge < -0.3 is 18.9 Å². The molecule has 8 heteroatoms. The molecule has 1 aromatic heterocycles. The molecule has 0 atom stereocenters. The second-order valence-electron chi connectivity index (χ2n) is 9.15. The molecule has 2 heterocycles. The molecular formula is C28H32N4O4. The van der Waals surface area contributed by atoms with Gasteiger partial charge in [-0.05, 0) is 82.0 Å². The molecule has 2 aromatic carbocycles. The topological polar surface area (TPSA) is 101 Å². The molecule has 0 radical (unpaired) electrons. The van der Waals surface area contributed by atoms with Crippen molar-refractivity contribution in [3.8, 4) is 34.7 Å². The first kappa shape index (κ1) is 25.4. The van der Waals surface area contributed by atoms with Crippen molar-refractivity contribution in [1.82, 2.24) is 15.0 Å². The van der Waals surface area contributed by atoms with E-state index in [0.717, 1.165) is 44.5 Å². The van der Waals surface area contributed by atoms with Crippen molar-refractivity contribution < 1.29 is 18.8 Å². The summed E-state index contributed by atoms with van der Waals surface area (Å²) in [4.78, 5) is 18.6. The summed E-state index contributed by atoms with van der Waals surface area (Å²) in [6, 6.07) is 13.8. The molecule has 0 fully saturated rings. The zero-order chi connectivity index (χ0) is 25.5. The molecule has 0 aliphatic carbocycles. The van der Waals surface area contributed by atoms with E-state index in [1.54, 1.807) is 12.1 Å². The lowest BCUT2D eigenvalue weighted by Gasteiger charge is -2.19. The van der Waals surface area contributed by atoms with Crippen LogP contribution in [-0.2, 0) is 22.4 Å². The highest BCUT2D eigenvalue weighted by Crippen LogP contribution is 2.29. The smallest absolute Gasteiger partial charge is 0.305 e. The number of nitriles is 1. The van der Waals surface area contributed by atoms with Gasteiger partial charge in [0.2, 0.25) is 5.82 Å². The number of hydrogen-bond donors (Lipinski definition) is 0. The van der Waals surface area contributed by atoms with E-state index in [2.05, 4.69) is 33.2 Å². The Morgan fingerprint density at radius 2 is 1.92 bits per heavy atom. The van der Waals surface area contributed by atoms with Gasteiger partial charge in [-0.1, -0.05) is 17.3 Å². The molecule has 0 unspecified atom stereocenters. The van der Waals surface area contributed by atoms with E-state index >= 15 is 0 Å². The summed E-state index contributed by atoms with van der Waals surface area (Å²) in [5.41, 5.74) is 4.62. The van der Waals surface area contributed by atoms with E-state index in [4.69, 9.17) is 14.0 Å². The molecule has 1 aliphatic rings. The fourth-order valence-corrected chi connectivity index (χ4v) is 4.38. The molecule has 0 saturated heterocycles. The molecule has 0 N–H and O–H groups in total. The minimum Gasteiger partial charge on any atom is -0.490 e. The van der Waals surface area contributed by atoms with Crippen LogP contribution >= 0.6 is 0 Å². The van der Waals surface area contributed by atoms with Gasteiger partial charge in [0.15, 0.2) is 0 Å². The molecule has 3 aromatic rings. The van der Waals surface area contributed by atoms with Gasteiger partial charge in [-0.2, -0.15) is 10.2 Å². The molecular weight excluding hydrogens is 456 g/mol. The minimum atomic E-state index is -0.122. The fraction of sp³-hybridized carbons (Fsp3) is 0.429. The summed E-state index contributed by atoms with van der Waals surface area (Å²) < 4.78 is 16.3. The lowest BCUT2D eigenvalue weighted by molar-refractivity contribution is -0.143. The highest BCUT2D eigenvalue weighted by molar-refractivity contribution is 5.69. The first-order chi connectivity index (χ1) is 17.5. The fourth-order valence-electron chi connectivity index (χ4n) is 4.38. The number of ether oxygens (including phenoxy) is 2. The van der Waals surface area contributed by atoms with Crippen LogP contribution in [0.5, 0.6) is 5.75 Å². The average Bonchev–Trinajstić information content (AvgIpc) is 3.27. The molecule has 1 aliphatic heterocycles. The van der Waals surface area contributed by atoms with Gasteiger partial charge in [0.05, 0.1) is 18.3 Å². The van der Waals surface area contributed by atoms with Crippen molar-refractivity contribution in [3.63, 3.8) is 0 Å². The van der Waals surface area contributed by atoms with Gasteiger partial charge in [-0.15, -0.1) is 0 Å². The molecule has 188 valence electrons. The predicted molar refractivity (Wildman–Crippen MR) is 135 cm³/mol. The summed E-state index contributed by atoms with van der Waals surface area (Å²) in [5.74, 6) is 1.30. The van der Waals surface area contributed by atoms with Crippen molar-refractivity contribution in [2.75, 3.05) is 26.2 Å².